The van der Waals surface area contributed by atoms with Crippen LogP contribution in [0.1, 0.15) is 79.6 Å². The van der Waals surface area contributed by atoms with E-state index in [0.29, 0.717) is 16.2 Å². The Hall–Kier alpha value is -0.0400. The highest BCUT2D eigenvalue weighted by Gasteiger charge is 2.67. The number of rotatable bonds is 0. The zero-order valence-corrected chi connectivity index (χ0v) is 14.8. The molecule has 4 aliphatic carbocycles. The SMILES string of the molecule is CC1(C)CCC2(C)CC3C(CCC(C)(N)C4CCC34C)C12. The van der Waals surface area contributed by atoms with Crippen LogP contribution >= 0.6 is 0 Å². The minimum absolute atomic E-state index is 0.0937. The van der Waals surface area contributed by atoms with Gasteiger partial charge in [0.25, 0.3) is 0 Å². The molecule has 4 rings (SSSR count). The quantitative estimate of drug-likeness (QED) is 0.668. The highest BCUT2D eigenvalue weighted by atomic mass is 14.8. The summed E-state index contributed by atoms with van der Waals surface area (Å²) in [5, 5.41) is 0. The van der Waals surface area contributed by atoms with Gasteiger partial charge in [-0.05, 0) is 91.8 Å². The molecule has 0 spiro atoms. The molecule has 120 valence electrons. The summed E-state index contributed by atoms with van der Waals surface area (Å²) in [5.41, 5.74) is 8.62. The van der Waals surface area contributed by atoms with Crippen molar-refractivity contribution in [3.63, 3.8) is 0 Å². The van der Waals surface area contributed by atoms with E-state index in [-0.39, 0.29) is 5.54 Å². The van der Waals surface area contributed by atoms with Crippen molar-refractivity contribution in [2.24, 2.45) is 45.7 Å². The third-order valence-corrected chi connectivity index (χ3v) is 8.99. The van der Waals surface area contributed by atoms with Gasteiger partial charge < -0.3 is 5.73 Å². The van der Waals surface area contributed by atoms with Gasteiger partial charge in [0.2, 0.25) is 0 Å². The summed E-state index contributed by atoms with van der Waals surface area (Å²) in [6.07, 6.45) is 9.89. The Labute approximate surface area is 131 Å². The molecule has 2 N–H and O–H groups in total. The Morgan fingerprint density at radius 3 is 2.19 bits per heavy atom. The standard InChI is InChI=1S/C20H35N/c1-17(2)10-11-18(3)12-14-13(16(17)18)6-9-20(5,21)15-7-8-19(14,15)4/h13-16H,6-12,21H2,1-5H3. The second-order valence-electron chi connectivity index (χ2n) is 10.7. The summed E-state index contributed by atoms with van der Waals surface area (Å²) in [7, 11) is 0. The molecule has 7 atom stereocenters. The second kappa shape index (κ2) is 3.89. The van der Waals surface area contributed by atoms with E-state index in [2.05, 4.69) is 34.6 Å². The van der Waals surface area contributed by atoms with Crippen molar-refractivity contribution in [3.05, 3.63) is 0 Å². The Morgan fingerprint density at radius 2 is 1.57 bits per heavy atom. The van der Waals surface area contributed by atoms with Gasteiger partial charge in [-0.2, -0.15) is 0 Å². The van der Waals surface area contributed by atoms with E-state index in [1.54, 1.807) is 0 Å². The van der Waals surface area contributed by atoms with Crippen LogP contribution in [0.15, 0.2) is 0 Å². The molecular formula is C20H35N. The lowest BCUT2D eigenvalue weighted by molar-refractivity contribution is -0.0591. The molecule has 0 amide bonds. The van der Waals surface area contributed by atoms with Gasteiger partial charge in [0, 0.05) is 5.54 Å². The molecular weight excluding hydrogens is 254 g/mol. The first-order valence-corrected chi connectivity index (χ1v) is 9.39. The summed E-state index contributed by atoms with van der Waals surface area (Å²) in [5.74, 6) is 3.63. The maximum absolute atomic E-state index is 6.79. The van der Waals surface area contributed by atoms with E-state index < -0.39 is 0 Å². The van der Waals surface area contributed by atoms with E-state index in [1.807, 2.05) is 0 Å². The van der Waals surface area contributed by atoms with E-state index >= 15 is 0 Å². The lowest BCUT2D eigenvalue weighted by Crippen LogP contribution is -2.57. The smallest absolute Gasteiger partial charge is 0.0159 e. The molecule has 0 saturated heterocycles. The van der Waals surface area contributed by atoms with Crippen molar-refractivity contribution in [1.82, 2.24) is 0 Å². The van der Waals surface area contributed by atoms with Crippen LogP contribution in [0.2, 0.25) is 0 Å². The Balaban J connectivity index is 1.75. The summed E-state index contributed by atoms with van der Waals surface area (Å²) in [6, 6.07) is 0. The summed E-state index contributed by atoms with van der Waals surface area (Å²) in [6.45, 7) is 12.7. The van der Waals surface area contributed by atoms with Gasteiger partial charge in [-0.1, -0.05) is 27.7 Å². The molecule has 0 aliphatic heterocycles. The fourth-order valence-corrected chi connectivity index (χ4v) is 8.09. The Kier molecular flexibility index (Phi) is 2.69. The minimum atomic E-state index is 0.0937. The first-order chi connectivity index (χ1) is 9.60. The summed E-state index contributed by atoms with van der Waals surface area (Å²) >= 11 is 0. The predicted octanol–water partition coefficient (Wildman–Crippen LogP) is 4.99. The molecule has 4 fully saturated rings. The van der Waals surface area contributed by atoms with Crippen LogP contribution in [0, 0.1) is 39.9 Å². The van der Waals surface area contributed by atoms with Crippen molar-refractivity contribution < 1.29 is 0 Å². The zero-order chi connectivity index (χ0) is 15.3. The lowest BCUT2D eigenvalue weighted by atomic mass is 9.49. The molecule has 21 heavy (non-hydrogen) atoms. The third-order valence-electron chi connectivity index (χ3n) is 8.99. The van der Waals surface area contributed by atoms with Crippen LogP contribution < -0.4 is 5.73 Å². The van der Waals surface area contributed by atoms with E-state index in [0.717, 1.165) is 23.7 Å². The fraction of sp³-hybridized carbons (Fsp3) is 1.00. The van der Waals surface area contributed by atoms with Crippen molar-refractivity contribution in [2.75, 3.05) is 0 Å². The van der Waals surface area contributed by atoms with Crippen molar-refractivity contribution in [2.45, 2.75) is 85.1 Å². The van der Waals surface area contributed by atoms with Gasteiger partial charge in [-0.15, -0.1) is 0 Å². The molecule has 7 unspecified atom stereocenters. The van der Waals surface area contributed by atoms with Crippen LogP contribution in [0.4, 0.5) is 0 Å². The molecule has 0 aromatic rings. The average molecular weight is 290 g/mol. The Bertz CT molecular complexity index is 464. The van der Waals surface area contributed by atoms with Gasteiger partial charge in [0.15, 0.2) is 0 Å². The highest BCUT2D eigenvalue weighted by Crippen LogP contribution is 2.74. The fourth-order valence-electron chi connectivity index (χ4n) is 8.09. The molecule has 0 heterocycles. The van der Waals surface area contributed by atoms with Crippen LogP contribution in [0.25, 0.3) is 0 Å². The van der Waals surface area contributed by atoms with E-state index in [1.165, 1.54) is 44.9 Å². The predicted molar refractivity (Wildman–Crippen MR) is 88.9 cm³/mol. The molecule has 0 aromatic carbocycles. The van der Waals surface area contributed by atoms with Crippen LogP contribution in [-0.4, -0.2) is 5.54 Å². The number of hydrogen-bond acceptors (Lipinski definition) is 1. The maximum atomic E-state index is 6.79. The van der Waals surface area contributed by atoms with Crippen molar-refractivity contribution in [3.8, 4) is 0 Å². The zero-order valence-electron chi connectivity index (χ0n) is 14.8. The molecule has 4 saturated carbocycles. The highest BCUT2D eigenvalue weighted by molar-refractivity contribution is 5.17. The maximum Gasteiger partial charge on any atom is 0.0159 e. The first kappa shape index (κ1) is 14.5. The van der Waals surface area contributed by atoms with Gasteiger partial charge in [0.1, 0.15) is 0 Å². The third kappa shape index (κ3) is 1.68. The Morgan fingerprint density at radius 1 is 0.857 bits per heavy atom. The topological polar surface area (TPSA) is 26.0 Å². The minimum Gasteiger partial charge on any atom is -0.325 e. The van der Waals surface area contributed by atoms with E-state index in [9.17, 15) is 0 Å². The molecule has 0 aromatic heterocycles. The first-order valence-electron chi connectivity index (χ1n) is 9.39. The lowest BCUT2D eigenvalue weighted by Gasteiger charge is -2.57. The average Bonchev–Trinajstić information content (AvgIpc) is 2.75. The van der Waals surface area contributed by atoms with Crippen LogP contribution in [0.5, 0.6) is 0 Å². The molecule has 4 aliphatic rings. The van der Waals surface area contributed by atoms with Gasteiger partial charge in [0.05, 0.1) is 0 Å². The number of fused-ring (bicyclic) bond motifs is 5. The monoisotopic (exact) mass is 289 g/mol. The van der Waals surface area contributed by atoms with Crippen molar-refractivity contribution >= 4 is 0 Å². The molecule has 1 heteroatoms. The van der Waals surface area contributed by atoms with Gasteiger partial charge in [-0.3, -0.25) is 0 Å². The normalized spacial score (nSPS) is 61.4. The molecule has 0 bridgehead atoms. The van der Waals surface area contributed by atoms with Crippen molar-refractivity contribution in [1.29, 1.82) is 0 Å². The number of nitrogens with two attached hydrogens (primary N) is 1. The van der Waals surface area contributed by atoms with Gasteiger partial charge in [-0.25, -0.2) is 0 Å². The summed E-state index contributed by atoms with van der Waals surface area (Å²) in [4.78, 5) is 0. The van der Waals surface area contributed by atoms with Crippen LogP contribution in [0.3, 0.4) is 0 Å². The second-order valence-corrected chi connectivity index (χ2v) is 10.7. The number of hydrogen-bond donors (Lipinski definition) is 1. The van der Waals surface area contributed by atoms with E-state index in [4.69, 9.17) is 5.73 Å². The largest absolute Gasteiger partial charge is 0.325 e. The van der Waals surface area contributed by atoms with Gasteiger partial charge >= 0.3 is 0 Å². The molecule has 0 radical (unpaired) electrons. The van der Waals surface area contributed by atoms with Crippen LogP contribution in [-0.2, 0) is 0 Å². The molecule has 1 nitrogen and oxygen atoms in total. The summed E-state index contributed by atoms with van der Waals surface area (Å²) < 4.78 is 0.